The normalized spacial score (nSPS) is 16.2. The number of aryl methyl sites for hydroxylation is 2. The third kappa shape index (κ3) is 2.91. The first-order valence-corrected chi connectivity index (χ1v) is 7.88. The fourth-order valence-corrected chi connectivity index (χ4v) is 3.14. The van der Waals surface area contributed by atoms with Crippen molar-refractivity contribution in [1.29, 1.82) is 0 Å². The zero-order valence-electron chi connectivity index (χ0n) is 13.6. The minimum Gasteiger partial charge on any atom is -0.368 e. The lowest BCUT2D eigenvalue weighted by Crippen LogP contribution is -2.36. The Morgan fingerprint density at radius 1 is 1.18 bits per heavy atom. The van der Waals surface area contributed by atoms with Crippen LogP contribution in [0.4, 0.5) is 11.8 Å². The van der Waals surface area contributed by atoms with Crippen LogP contribution in [0.5, 0.6) is 0 Å². The fraction of sp³-hybridized carbons (Fsp3) is 0.562. The molecule has 2 aromatic heterocycles. The number of anilines is 2. The Labute approximate surface area is 131 Å². The van der Waals surface area contributed by atoms with Crippen molar-refractivity contribution in [3.8, 4) is 0 Å². The fourth-order valence-electron chi connectivity index (χ4n) is 3.14. The van der Waals surface area contributed by atoms with E-state index in [4.69, 9.17) is 5.73 Å². The Kier molecular flexibility index (Phi) is 4.00. The summed E-state index contributed by atoms with van der Waals surface area (Å²) in [5, 5.41) is 0. The van der Waals surface area contributed by atoms with E-state index in [-0.39, 0.29) is 0 Å². The molecule has 1 aliphatic heterocycles. The quantitative estimate of drug-likeness (QED) is 0.939. The van der Waals surface area contributed by atoms with Gasteiger partial charge in [0.15, 0.2) is 0 Å². The molecule has 3 rings (SSSR count). The van der Waals surface area contributed by atoms with Gasteiger partial charge in [0.1, 0.15) is 11.6 Å². The molecule has 0 spiro atoms. The third-order valence-electron chi connectivity index (χ3n) is 4.67. The Bertz CT molecular complexity index is 655. The van der Waals surface area contributed by atoms with Gasteiger partial charge in [-0.15, -0.1) is 0 Å². The molecule has 0 aromatic carbocycles. The molecule has 3 heterocycles. The van der Waals surface area contributed by atoms with Crippen molar-refractivity contribution in [2.24, 2.45) is 5.92 Å². The zero-order chi connectivity index (χ0) is 15.7. The van der Waals surface area contributed by atoms with E-state index >= 15 is 0 Å². The van der Waals surface area contributed by atoms with E-state index in [0.29, 0.717) is 11.9 Å². The minimum absolute atomic E-state index is 0.370. The molecule has 0 aliphatic carbocycles. The maximum Gasteiger partial charge on any atom is 0.222 e. The molecule has 0 radical (unpaired) electrons. The molecule has 0 bridgehead atoms. The molecule has 1 saturated heterocycles. The van der Waals surface area contributed by atoms with Crippen molar-refractivity contribution in [2.45, 2.75) is 40.2 Å². The SMILES string of the molecule is Cc1nc(N)nc(N2CCC(Cn3ccnc3C)CC2)c1C. The van der Waals surface area contributed by atoms with Gasteiger partial charge < -0.3 is 15.2 Å². The highest BCUT2D eigenvalue weighted by Gasteiger charge is 2.22. The molecule has 2 aromatic rings. The Hall–Kier alpha value is -2.11. The average Bonchev–Trinajstić information content (AvgIpc) is 2.89. The van der Waals surface area contributed by atoms with Crippen molar-refractivity contribution in [3.05, 3.63) is 29.5 Å². The van der Waals surface area contributed by atoms with Crippen molar-refractivity contribution in [2.75, 3.05) is 23.7 Å². The maximum atomic E-state index is 5.81. The molecule has 2 N–H and O–H groups in total. The maximum absolute atomic E-state index is 5.81. The summed E-state index contributed by atoms with van der Waals surface area (Å²) in [7, 11) is 0. The van der Waals surface area contributed by atoms with Gasteiger partial charge in [0.05, 0.1) is 0 Å². The molecule has 1 aliphatic rings. The molecule has 0 atom stereocenters. The number of rotatable bonds is 3. The second-order valence-corrected chi connectivity index (χ2v) is 6.17. The molecule has 6 nitrogen and oxygen atoms in total. The number of nitrogens with zero attached hydrogens (tertiary/aromatic N) is 5. The van der Waals surface area contributed by atoms with Gasteiger partial charge >= 0.3 is 0 Å². The first-order chi connectivity index (χ1) is 10.5. The van der Waals surface area contributed by atoms with Gasteiger partial charge in [-0.05, 0) is 39.5 Å². The predicted octanol–water partition coefficient (Wildman–Crippen LogP) is 2.10. The van der Waals surface area contributed by atoms with Crippen molar-refractivity contribution in [3.63, 3.8) is 0 Å². The lowest BCUT2D eigenvalue weighted by Gasteiger charge is -2.34. The molecular formula is C16H24N6. The summed E-state index contributed by atoms with van der Waals surface area (Å²) in [6.07, 6.45) is 6.28. The zero-order valence-corrected chi connectivity index (χ0v) is 13.6. The lowest BCUT2D eigenvalue weighted by molar-refractivity contribution is 0.353. The largest absolute Gasteiger partial charge is 0.368 e. The highest BCUT2D eigenvalue weighted by Crippen LogP contribution is 2.27. The summed E-state index contributed by atoms with van der Waals surface area (Å²) < 4.78 is 2.25. The summed E-state index contributed by atoms with van der Waals surface area (Å²) in [5.74, 6) is 3.17. The van der Waals surface area contributed by atoms with Crippen molar-refractivity contribution < 1.29 is 0 Å². The van der Waals surface area contributed by atoms with Crippen LogP contribution in [-0.2, 0) is 6.54 Å². The minimum atomic E-state index is 0.370. The number of hydrogen-bond donors (Lipinski definition) is 1. The monoisotopic (exact) mass is 300 g/mol. The summed E-state index contributed by atoms with van der Waals surface area (Å²) in [5.41, 5.74) is 7.92. The topological polar surface area (TPSA) is 72.9 Å². The van der Waals surface area contributed by atoms with Gasteiger partial charge in [-0.3, -0.25) is 0 Å². The van der Waals surface area contributed by atoms with E-state index in [1.807, 2.05) is 13.1 Å². The molecule has 22 heavy (non-hydrogen) atoms. The molecule has 0 unspecified atom stereocenters. The molecule has 0 amide bonds. The van der Waals surface area contributed by atoms with Crippen LogP contribution in [0.3, 0.4) is 0 Å². The van der Waals surface area contributed by atoms with Gasteiger partial charge in [0.25, 0.3) is 0 Å². The molecule has 6 heteroatoms. The van der Waals surface area contributed by atoms with Gasteiger partial charge in [0.2, 0.25) is 5.95 Å². The highest BCUT2D eigenvalue weighted by atomic mass is 15.2. The van der Waals surface area contributed by atoms with Gasteiger partial charge in [-0.25, -0.2) is 9.97 Å². The van der Waals surface area contributed by atoms with Crippen LogP contribution in [0.2, 0.25) is 0 Å². The number of nitrogens with two attached hydrogens (primary N) is 1. The Balaban J connectivity index is 1.66. The van der Waals surface area contributed by atoms with E-state index in [1.54, 1.807) is 0 Å². The van der Waals surface area contributed by atoms with E-state index in [9.17, 15) is 0 Å². The Morgan fingerprint density at radius 3 is 2.55 bits per heavy atom. The standard InChI is InChI=1S/C16H24N6/c1-11-12(2)19-16(17)20-15(11)21-7-4-14(5-8-21)10-22-9-6-18-13(22)3/h6,9,14H,4-5,7-8,10H2,1-3H3,(H2,17,19,20). The number of piperidine rings is 1. The molecular weight excluding hydrogens is 276 g/mol. The number of imidazole rings is 1. The predicted molar refractivity (Wildman–Crippen MR) is 87.8 cm³/mol. The number of hydrogen-bond acceptors (Lipinski definition) is 5. The van der Waals surface area contributed by atoms with Gasteiger partial charge in [-0.1, -0.05) is 0 Å². The van der Waals surface area contributed by atoms with E-state index < -0.39 is 0 Å². The molecule has 1 fully saturated rings. The van der Waals surface area contributed by atoms with Crippen LogP contribution in [0.15, 0.2) is 12.4 Å². The summed E-state index contributed by atoms with van der Waals surface area (Å²) in [6.45, 7) is 9.23. The second-order valence-electron chi connectivity index (χ2n) is 6.17. The number of nitrogen functional groups attached to an aromatic ring is 1. The van der Waals surface area contributed by atoms with E-state index in [0.717, 1.165) is 42.5 Å². The van der Waals surface area contributed by atoms with Gasteiger partial charge in [0, 0.05) is 43.3 Å². The molecule has 0 saturated carbocycles. The van der Waals surface area contributed by atoms with Crippen LogP contribution in [0, 0.1) is 26.7 Å². The Morgan fingerprint density at radius 2 is 1.91 bits per heavy atom. The summed E-state index contributed by atoms with van der Waals surface area (Å²) >= 11 is 0. The lowest BCUT2D eigenvalue weighted by atomic mass is 9.96. The van der Waals surface area contributed by atoms with E-state index in [1.165, 1.54) is 12.8 Å². The first kappa shape index (κ1) is 14.8. The smallest absolute Gasteiger partial charge is 0.222 e. The van der Waals surface area contributed by atoms with Crippen LogP contribution >= 0.6 is 0 Å². The summed E-state index contributed by atoms with van der Waals surface area (Å²) in [4.78, 5) is 15.3. The van der Waals surface area contributed by atoms with Crippen molar-refractivity contribution >= 4 is 11.8 Å². The van der Waals surface area contributed by atoms with Crippen LogP contribution in [0.1, 0.15) is 29.9 Å². The molecule has 118 valence electrons. The number of aromatic nitrogens is 4. The average molecular weight is 300 g/mol. The second kappa shape index (κ2) is 5.94. The van der Waals surface area contributed by atoms with Crippen LogP contribution in [-0.4, -0.2) is 32.6 Å². The van der Waals surface area contributed by atoms with Crippen molar-refractivity contribution in [1.82, 2.24) is 19.5 Å². The van der Waals surface area contributed by atoms with Crippen LogP contribution < -0.4 is 10.6 Å². The van der Waals surface area contributed by atoms with Crippen LogP contribution in [0.25, 0.3) is 0 Å². The summed E-state index contributed by atoms with van der Waals surface area (Å²) in [6, 6.07) is 0. The van der Waals surface area contributed by atoms with E-state index in [2.05, 4.69) is 44.5 Å². The van der Waals surface area contributed by atoms with Gasteiger partial charge in [-0.2, -0.15) is 4.98 Å². The first-order valence-electron chi connectivity index (χ1n) is 7.88. The highest BCUT2D eigenvalue weighted by molar-refractivity contribution is 5.51. The third-order valence-corrected chi connectivity index (χ3v) is 4.67.